The number of fused-ring (bicyclic) bond motifs is 1. The van der Waals surface area contributed by atoms with E-state index in [9.17, 15) is 9.59 Å². The summed E-state index contributed by atoms with van der Waals surface area (Å²) in [6.07, 6.45) is 0. The second-order valence-electron chi connectivity index (χ2n) is 7.22. The highest BCUT2D eigenvalue weighted by Gasteiger charge is 2.17. The molecular formula is C26H19Br2NO4. The predicted molar refractivity (Wildman–Crippen MR) is 134 cm³/mol. The Morgan fingerprint density at radius 3 is 2.36 bits per heavy atom. The molecule has 4 aromatic rings. The van der Waals surface area contributed by atoms with Crippen molar-refractivity contribution in [3.8, 4) is 11.3 Å². The molecule has 0 bridgehead atoms. The molecule has 0 amide bonds. The Hall–Kier alpha value is -3.03. The van der Waals surface area contributed by atoms with Crippen molar-refractivity contribution in [3.63, 3.8) is 0 Å². The van der Waals surface area contributed by atoms with Crippen molar-refractivity contribution in [1.82, 2.24) is 4.98 Å². The van der Waals surface area contributed by atoms with Gasteiger partial charge < -0.3 is 9.47 Å². The van der Waals surface area contributed by atoms with Gasteiger partial charge in [0.05, 0.1) is 28.9 Å². The van der Waals surface area contributed by atoms with Gasteiger partial charge in [0.15, 0.2) is 0 Å². The summed E-state index contributed by atoms with van der Waals surface area (Å²) >= 11 is 6.91. The molecule has 0 aliphatic carbocycles. The van der Waals surface area contributed by atoms with E-state index in [1.165, 1.54) is 0 Å². The third kappa shape index (κ3) is 5.49. The number of pyridine rings is 1. The summed E-state index contributed by atoms with van der Waals surface area (Å²) in [5.41, 5.74) is 3.78. The standard InChI is InChI=1S/C26H19Br2NO4/c1-2-32-25(30)18-5-3-4-16(12-18)15-33-26(31)22-14-24(17-6-8-19(27)9-7-17)29-23-11-10-20(28)13-21(22)23/h3-14H,2,15H2,1H3. The molecule has 0 saturated heterocycles. The van der Waals surface area contributed by atoms with E-state index < -0.39 is 11.9 Å². The summed E-state index contributed by atoms with van der Waals surface area (Å²) in [4.78, 5) is 29.9. The summed E-state index contributed by atoms with van der Waals surface area (Å²) in [5.74, 6) is -0.879. The van der Waals surface area contributed by atoms with Gasteiger partial charge in [-0.2, -0.15) is 0 Å². The highest BCUT2D eigenvalue weighted by molar-refractivity contribution is 9.10. The lowest BCUT2D eigenvalue weighted by Gasteiger charge is -2.11. The van der Waals surface area contributed by atoms with Crippen LogP contribution >= 0.6 is 31.9 Å². The van der Waals surface area contributed by atoms with Crippen LogP contribution in [0.5, 0.6) is 0 Å². The van der Waals surface area contributed by atoms with Crippen LogP contribution in [0.1, 0.15) is 33.2 Å². The number of nitrogens with zero attached hydrogens (tertiary/aromatic N) is 1. The largest absolute Gasteiger partial charge is 0.462 e. The molecule has 166 valence electrons. The molecule has 1 heterocycles. The molecule has 0 aliphatic heterocycles. The third-order valence-electron chi connectivity index (χ3n) is 4.94. The van der Waals surface area contributed by atoms with Crippen LogP contribution in [0.3, 0.4) is 0 Å². The Kier molecular flexibility index (Phi) is 7.20. The van der Waals surface area contributed by atoms with Crippen molar-refractivity contribution in [2.75, 3.05) is 6.61 Å². The number of ether oxygens (including phenoxy) is 2. The topological polar surface area (TPSA) is 65.5 Å². The first kappa shape index (κ1) is 23.1. The Bertz CT molecular complexity index is 1340. The summed E-state index contributed by atoms with van der Waals surface area (Å²) in [6.45, 7) is 2.07. The highest BCUT2D eigenvalue weighted by Crippen LogP contribution is 2.28. The van der Waals surface area contributed by atoms with Gasteiger partial charge >= 0.3 is 11.9 Å². The summed E-state index contributed by atoms with van der Waals surface area (Å²) in [5, 5.41) is 0.690. The molecule has 0 fully saturated rings. The fraction of sp³-hybridized carbons (Fsp3) is 0.115. The van der Waals surface area contributed by atoms with E-state index in [0.717, 1.165) is 14.5 Å². The first-order chi connectivity index (χ1) is 15.9. The first-order valence-corrected chi connectivity index (χ1v) is 11.8. The van der Waals surface area contributed by atoms with E-state index in [-0.39, 0.29) is 6.61 Å². The maximum absolute atomic E-state index is 13.1. The minimum absolute atomic E-state index is 0.0253. The number of carbonyl (C=O) groups is 2. The molecule has 3 aromatic carbocycles. The van der Waals surface area contributed by atoms with Gasteiger partial charge in [-0.3, -0.25) is 0 Å². The fourth-order valence-corrected chi connectivity index (χ4v) is 3.99. The van der Waals surface area contributed by atoms with Crippen LogP contribution in [-0.4, -0.2) is 23.5 Å². The van der Waals surface area contributed by atoms with Crippen LogP contribution in [0.4, 0.5) is 0 Å². The van der Waals surface area contributed by atoms with Crippen LogP contribution in [0.15, 0.2) is 81.7 Å². The lowest BCUT2D eigenvalue weighted by molar-refractivity contribution is 0.0475. The zero-order valence-corrected chi connectivity index (χ0v) is 20.9. The zero-order valence-electron chi connectivity index (χ0n) is 17.7. The molecule has 4 rings (SSSR count). The minimum atomic E-state index is -0.472. The van der Waals surface area contributed by atoms with E-state index in [1.807, 2.05) is 42.5 Å². The monoisotopic (exact) mass is 567 g/mol. The van der Waals surface area contributed by atoms with E-state index in [1.54, 1.807) is 37.3 Å². The molecule has 0 aliphatic rings. The molecule has 0 saturated carbocycles. The number of carbonyl (C=O) groups excluding carboxylic acids is 2. The summed E-state index contributed by atoms with van der Waals surface area (Å²) in [6, 6.07) is 21.9. The van der Waals surface area contributed by atoms with Crippen LogP contribution in [-0.2, 0) is 16.1 Å². The fourth-order valence-electron chi connectivity index (χ4n) is 3.36. The maximum Gasteiger partial charge on any atom is 0.339 e. The van der Waals surface area contributed by atoms with Gasteiger partial charge in [-0.15, -0.1) is 0 Å². The van der Waals surface area contributed by atoms with Crippen LogP contribution in [0.2, 0.25) is 0 Å². The molecule has 7 heteroatoms. The SMILES string of the molecule is CCOC(=O)c1cccc(COC(=O)c2cc(-c3ccc(Br)cc3)nc3ccc(Br)cc23)c1. The number of esters is 2. The molecule has 0 unspecified atom stereocenters. The van der Waals surface area contributed by atoms with Gasteiger partial charge in [0.1, 0.15) is 6.61 Å². The number of hydrogen-bond donors (Lipinski definition) is 0. The molecule has 1 aromatic heterocycles. The molecule has 0 radical (unpaired) electrons. The smallest absolute Gasteiger partial charge is 0.339 e. The average molecular weight is 569 g/mol. The first-order valence-electron chi connectivity index (χ1n) is 10.2. The van der Waals surface area contributed by atoms with E-state index in [4.69, 9.17) is 14.5 Å². The van der Waals surface area contributed by atoms with Gasteiger partial charge in [-0.25, -0.2) is 14.6 Å². The number of halogens is 2. The van der Waals surface area contributed by atoms with Gasteiger partial charge in [0.25, 0.3) is 0 Å². The van der Waals surface area contributed by atoms with Crippen molar-refractivity contribution in [2.24, 2.45) is 0 Å². The van der Waals surface area contributed by atoms with Crippen LogP contribution in [0.25, 0.3) is 22.2 Å². The average Bonchev–Trinajstić information content (AvgIpc) is 2.82. The summed E-state index contributed by atoms with van der Waals surface area (Å²) < 4.78 is 12.5. The van der Waals surface area contributed by atoms with Gasteiger partial charge in [0.2, 0.25) is 0 Å². The third-order valence-corrected chi connectivity index (χ3v) is 5.96. The normalized spacial score (nSPS) is 10.8. The summed E-state index contributed by atoms with van der Waals surface area (Å²) in [7, 11) is 0. The van der Waals surface area contributed by atoms with Crippen LogP contribution in [0, 0.1) is 0 Å². The maximum atomic E-state index is 13.1. The molecule has 0 atom stereocenters. The number of hydrogen-bond acceptors (Lipinski definition) is 5. The molecule has 5 nitrogen and oxygen atoms in total. The number of rotatable bonds is 6. The second kappa shape index (κ2) is 10.3. The molecule has 33 heavy (non-hydrogen) atoms. The van der Waals surface area contributed by atoms with Crippen molar-refractivity contribution in [1.29, 1.82) is 0 Å². The number of benzene rings is 3. The Morgan fingerprint density at radius 1 is 0.848 bits per heavy atom. The Morgan fingerprint density at radius 2 is 1.61 bits per heavy atom. The van der Waals surface area contributed by atoms with Crippen LogP contribution < -0.4 is 0 Å². The zero-order chi connectivity index (χ0) is 23.4. The van der Waals surface area contributed by atoms with E-state index in [2.05, 4.69) is 31.9 Å². The van der Waals surface area contributed by atoms with Crippen molar-refractivity contribution < 1.29 is 19.1 Å². The predicted octanol–water partition coefficient (Wildman–Crippen LogP) is 6.96. The van der Waals surface area contributed by atoms with Crippen molar-refractivity contribution in [3.05, 3.63) is 98.4 Å². The van der Waals surface area contributed by atoms with Gasteiger partial charge in [-0.1, -0.05) is 56.1 Å². The van der Waals surface area contributed by atoms with Crippen molar-refractivity contribution >= 4 is 54.7 Å². The second-order valence-corrected chi connectivity index (χ2v) is 9.05. The molecular weight excluding hydrogens is 550 g/mol. The number of aromatic nitrogens is 1. The lowest BCUT2D eigenvalue weighted by Crippen LogP contribution is -2.08. The van der Waals surface area contributed by atoms with E-state index in [0.29, 0.717) is 39.9 Å². The molecule has 0 spiro atoms. The molecule has 0 N–H and O–H groups in total. The van der Waals surface area contributed by atoms with E-state index >= 15 is 0 Å². The van der Waals surface area contributed by atoms with Gasteiger partial charge in [0, 0.05) is 19.9 Å². The minimum Gasteiger partial charge on any atom is -0.462 e. The Labute approximate surface area is 208 Å². The quantitative estimate of drug-likeness (QED) is 0.235. The van der Waals surface area contributed by atoms with Crippen molar-refractivity contribution in [2.45, 2.75) is 13.5 Å². The Balaban J connectivity index is 1.64. The van der Waals surface area contributed by atoms with Gasteiger partial charge in [-0.05, 0) is 61.0 Å². The highest BCUT2D eigenvalue weighted by atomic mass is 79.9. The lowest BCUT2D eigenvalue weighted by atomic mass is 10.0.